The Balaban J connectivity index is 1.46. The van der Waals surface area contributed by atoms with Crippen molar-refractivity contribution in [2.45, 2.75) is 24.1 Å². The minimum Gasteiger partial charge on any atom is -0.487 e. The van der Waals surface area contributed by atoms with Gasteiger partial charge >= 0.3 is 0 Å². The lowest BCUT2D eigenvalue weighted by Gasteiger charge is -2.30. The third-order valence-electron chi connectivity index (χ3n) is 6.95. The molecule has 2 aliphatic rings. The largest absolute Gasteiger partial charge is 0.487 e. The van der Waals surface area contributed by atoms with Crippen LogP contribution in [0.4, 0.5) is 5.69 Å². The number of halogens is 1. The zero-order valence-electron chi connectivity index (χ0n) is 18.8. The van der Waals surface area contributed by atoms with Crippen LogP contribution in [-0.2, 0) is 16.9 Å². The number of hydrogen-bond donors (Lipinski definition) is 1. The van der Waals surface area contributed by atoms with Gasteiger partial charge in [0.15, 0.2) is 5.54 Å². The van der Waals surface area contributed by atoms with E-state index in [2.05, 4.69) is 11.4 Å². The topological polar surface area (TPSA) is 108 Å². The molecule has 0 saturated carbocycles. The van der Waals surface area contributed by atoms with Gasteiger partial charge in [0, 0.05) is 28.3 Å². The van der Waals surface area contributed by atoms with Crippen molar-refractivity contribution in [2.24, 2.45) is 0 Å². The Kier molecular flexibility index (Phi) is 5.67. The molecular weight excluding hydrogens is 468 g/mol. The van der Waals surface area contributed by atoms with Gasteiger partial charge in [0.1, 0.15) is 12.4 Å². The highest BCUT2D eigenvalue weighted by Gasteiger charge is 2.68. The molecule has 8 nitrogen and oxygen atoms in total. The van der Waals surface area contributed by atoms with E-state index in [-0.39, 0.29) is 11.5 Å². The quantitative estimate of drug-likeness (QED) is 0.423. The van der Waals surface area contributed by atoms with Crippen LogP contribution < -0.4 is 10.1 Å². The van der Waals surface area contributed by atoms with E-state index >= 15 is 0 Å². The van der Waals surface area contributed by atoms with Gasteiger partial charge in [-0.15, -0.1) is 0 Å². The molecule has 0 aliphatic carbocycles. The third-order valence-corrected chi connectivity index (χ3v) is 7.24. The number of rotatable bonds is 5. The lowest BCUT2D eigenvalue weighted by Crippen LogP contribution is -2.54. The van der Waals surface area contributed by atoms with Crippen molar-refractivity contribution in [3.8, 4) is 11.8 Å². The second-order valence-corrected chi connectivity index (χ2v) is 9.14. The number of likely N-dealkylation sites (tertiary alicyclic amines) is 1. The number of hydrogen-bond acceptors (Lipinski definition) is 6. The van der Waals surface area contributed by atoms with Crippen LogP contribution in [-0.4, -0.2) is 35.4 Å². The molecule has 1 saturated heterocycles. The number of anilines is 1. The fraction of sp³-hybridized carbons (Fsp3) is 0.231. The Morgan fingerprint density at radius 3 is 2.71 bits per heavy atom. The second-order valence-electron chi connectivity index (χ2n) is 8.73. The summed E-state index contributed by atoms with van der Waals surface area (Å²) in [4.78, 5) is 27.1. The summed E-state index contributed by atoms with van der Waals surface area (Å²) in [6.45, 7) is 0.464. The van der Waals surface area contributed by atoms with Crippen LogP contribution >= 0.6 is 11.6 Å². The van der Waals surface area contributed by atoms with Crippen LogP contribution in [0, 0.1) is 21.4 Å². The first kappa shape index (κ1) is 22.8. The number of carbonyl (C=O) groups excluding carboxylic acids is 1. The van der Waals surface area contributed by atoms with Crippen molar-refractivity contribution >= 4 is 23.2 Å². The predicted molar refractivity (Wildman–Crippen MR) is 130 cm³/mol. The fourth-order valence-corrected chi connectivity index (χ4v) is 5.60. The van der Waals surface area contributed by atoms with Crippen LogP contribution in [0.25, 0.3) is 0 Å². The van der Waals surface area contributed by atoms with Crippen LogP contribution in [0.1, 0.15) is 28.2 Å². The maximum atomic E-state index is 13.2. The Bertz CT molecular complexity index is 1390. The molecule has 3 atom stereocenters. The first-order valence-corrected chi connectivity index (χ1v) is 11.4. The molecule has 1 spiro atoms. The summed E-state index contributed by atoms with van der Waals surface area (Å²) in [6.07, 6.45) is 0. The normalized spacial score (nSPS) is 23.1. The van der Waals surface area contributed by atoms with E-state index in [4.69, 9.17) is 16.3 Å². The monoisotopic (exact) mass is 488 g/mol. The summed E-state index contributed by atoms with van der Waals surface area (Å²) in [5, 5.41) is 24.8. The lowest BCUT2D eigenvalue weighted by atomic mass is 9.79. The third kappa shape index (κ3) is 3.52. The van der Waals surface area contributed by atoms with Gasteiger partial charge in [0.25, 0.3) is 11.9 Å². The van der Waals surface area contributed by atoms with E-state index in [0.717, 1.165) is 5.56 Å². The van der Waals surface area contributed by atoms with Crippen molar-refractivity contribution in [3.63, 3.8) is 0 Å². The van der Waals surface area contributed by atoms with E-state index in [0.29, 0.717) is 39.7 Å². The number of nitro groups is 1. The molecule has 1 fully saturated rings. The van der Waals surface area contributed by atoms with Gasteiger partial charge in [-0.3, -0.25) is 19.8 Å². The molecule has 5 rings (SSSR count). The van der Waals surface area contributed by atoms with Gasteiger partial charge in [0.2, 0.25) is 0 Å². The fourth-order valence-electron chi connectivity index (χ4n) is 5.36. The molecule has 0 radical (unpaired) electrons. The average Bonchev–Trinajstić information content (AvgIpc) is 3.33. The number of likely N-dealkylation sites (N-methyl/N-ethyl adjacent to an activating group) is 1. The van der Waals surface area contributed by atoms with E-state index in [1.165, 1.54) is 0 Å². The number of para-hydroxylation sites is 1. The van der Waals surface area contributed by atoms with Crippen LogP contribution in [0.2, 0.25) is 5.02 Å². The standard InChI is InChI=1S/C26H21ClN4O4/c1-30-14-19(24(31(33)34)26(30)20-8-4-5-9-22(20)29-25(26)32)16-10-11-23(21(27)12-16)35-15-18-7-3-2-6-17(18)13-28/h2-12,19,24H,14-15H2,1H3,(H,29,32)/t19-,24-,26+/m1/s1. The minimum atomic E-state index is -1.41. The van der Waals surface area contributed by atoms with Crippen molar-refractivity contribution in [2.75, 3.05) is 18.9 Å². The first-order valence-electron chi connectivity index (χ1n) is 11.0. The Labute approximate surface area is 206 Å². The molecule has 9 heteroatoms. The number of nitriles is 1. The average molecular weight is 489 g/mol. The second kappa shape index (κ2) is 8.69. The molecule has 1 N–H and O–H groups in total. The molecule has 3 aromatic carbocycles. The Morgan fingerprint density at radius 2 is 1.97 bits per heavy atom. The number of benzene rings is 3. The highest BCUT2D eigenvalue weighted by molar-refractivity contribution is 6.32. The van der Waals surface area contributed by atoms with Gasteiger partial charge in [-0.1, -0.05) is 54.1 Å². The molecule has 0 bridgehead atoms. The van der Waals surface area contributed by atoms with Gasteiger partial charge < -0.3 is 10.1 Å². The predicted octanol–water partition coefficient (Wildman–Crippen LogP) is 4.31. The zero-order valence-corrected chi connectivity index (χ0v) is 19.5. The summed E-state index contributed by atoms with van der Waals surface area (Å²) < 4.78 is 5.84. The molecule has 2 aliphatic heterocycles. The van der Waals surface area contributed by atoms with Crippen molar-refractivity contribution in [1.82, 2.24) is 4.90 Å². The molecule has 2 heterocycles. The van der Waals surface area contributed by atoms with E-state index < -0.39 is 23.4 Å². The Hall–Kier alpha value is -3.93. The number of amides is 1. The van der Waals surface area contributed by atoms with Crippen LogP contribution in [0.5, 0.6) is 5.75 Å². The summed E-state index contributed by atoms with van der Waals surface area (Å²) in [6, 6.07) is 20.3. The van der Waals surface area contributed by atoms with Crippen LogP contribution in [0.15, 0.2) is 66.7 Å². The number of nitrogens with zero attached hydrogens (tertiary/aromatic N) is 3. The highest BCUT2D eigenvalue weighted by atomic mass is 35.5. The summed E-state index contributed by atoms with van der Waals surface area (Å²) in [5.41, 5.74) is 1.70. The maximum absolute atomic E-state index is 13.2. The van der Waals surface area contributed by atoms with E-state index in [1.807, 2.05) is 6.07 Å². The molecule has 176 valence electrons. The minimum absolute atomic E-state index is 0.159. The van der Waals surface area contributed by atoms with E-state index in [1.54, 1.807) is 72.6 Å². The van der Waals surface area contributed by atoms with Crippen LogP contribution in [0.3, 0.4) is 0 Å². The lowest BCUT2D eigenvalue weighted by molar-refractivity contribution is -0.534. The van der Waals surface area contributed by atoms with Crippen molar-refractivity contribution in [1.29, 1.82) is 5.26 Å². The number of nitrogens with one attached hydrogen (secondary N) is 1. The molecule has 1 amide bonds. The first-order chi connectivity index (χ1) is 16.9. The summed E-state index contributed by atoms with van der Waals surface area (Å²) in [5.74, 6) is -0.559. The van der Waals surface area contributed by atoms with Gasteiger partial charge in [0.05, 0.1) is 22.6 Å². The van der Waals surface area contributed by atoms with Crippen molar-refractivity contribution in [3.05, 3.63) is 104 Å². The maximum Gasteiger partial charge on any atom is 0.256 e. The van der Waals surface area contributed by atoms with Gasteiger partial charge in [-0.25, -0.2) is 0 Å². The number of fused-ring (bicyclic) bond motifs is 2. The summed E-state index contributed by atoms with van der Waals surface area (Å²) >= 11 is 6.52. The molecule has 35 heavy (non-hydrogen) atoms. The number of ether oxygens (including phenoxy) is 1. The van der Waals surface area contributed by atoms with Gasteiger partial charge in [-0.2, -0.15) is 5.26 Å². The molecule has 0 unspecified atom stereocenters. The smallest absolute Gasteiger partial charge is 0.256 e. The SMILES string of the molecule is CN1C[C@H](c2ccc(OCc3ccccc3C#N)c(Cl)c2)[C@@H]([N+](=O)[O-])[C@@]12C(=O)Nc1ccccc12. The molecule has 0 aromatic heterocycles. The zero-order chi connectivity index (χ0) is 24.7. The van der Waals surface area contributed by atoms with Crippen molar-refractivity contribution < 1.29 is 14.5 Å². The van der Waals surface area contributed by atoms with Gasteiger partial charge in [-0.05, 0) is 36.9 Å². The number of carbonyl (C=O) groups is 1. The van der Waals surface area contributed by atoms with E-state index in [9.17, 15) is 20.2 Å². The highest BCUT2D eigenvalue weighted by Crippen LogP contribution is 2.52. The Morgan fingerprint density at radius 1 is 1.23 bits per heavy atom. The molecular formula is C26H21ClN4O4. The summed E-state index contributed by atoms with van der Waals surface area (Å²) in [7, 11) is 1.74. The molecule has 3 aromatic rings.